The molecule has 0 heterocycles. The predicted octanol–water partition coefficient (Wildman–Crippen LogP) is 30.4. The van der Waals surface area contributed by atoms with Crippen LogP contribution >= 0.6 is 0 Å². The molecule has 0 aliphatic rings. The van der Waals surface area contributed by atoms with Crippen LogP contribution in [0.1, 0.15) is 321 Å². The van der Waals surface area contributed by atoms with Gasteiger partial charge in [-0.05, 0) is 16.2 Å². The Morgan fingerprint density at radius 3 is 0.760 bits per heavy atom. The van der Waals surface area contributed by atoms with E-state index in [-0.39, 0.29) is 174 Å². The van der Waals surface area contributed by atoms with Gasteiger partial charge in [-0.1, -0.05) is 304 Å². The molecule has 0 N–H and O–H groups in total. The summed E-state index contributed by atoms with van der Waals surface area (Å²) >= 11 is 0. The zero-order valence-electron chi connectivity index (χ0n) is 72.2. The molecule has 0 nitrogen and oxygen atoms in total. The summed E-state index contributed by atoms with van der Waals surface area (Å²) in [6.45, 7) is 85.8. The minimum Gasteiger partial charge on any atom is -0.226 e. The Kier molecular flexibility index (Phi) is 64.4. The van der Waals surface area contributed by atoms with Crippen LogP contribution in [0.25, 0.3) is 44.5 Å². The summed E-state index contributed by atoms with van der Waals surface area (Å²) in [5.41, 5.74) is 20.8. The summed E-state index contributed by atoms with van der Waals surface area (Å²) in [6.07, 6.45) is 0. The second kappa shape index (κ2) is 56.5. The van der Waals surface area contributed by atoms with E-state index in [1.165, 1.54) is 72.3 Å². The van der Waals surface area contributed by atoms with E-state index in [0.717, 1.165) is 16.7 Å². The fourth-order valence-corrected chi connectivity index (χ4v) is 9.57. The van der Waals surface area contributed by atoms with Crippen molar-refractivity contribution in [2.24, 2.45) is 0 Å². The van der Waals surface area contributed by atoms with Crippen LogP contribution in [0.3, 0.4) is 0 Å². The minimum atomic E-state index is 0. The van der Waals surface area contributed by atoms with E-state index in [4.69, 9.17) is 0 Å². The first-order chi connectivity index (χ1) is 44.8. The number of benzene rings is 8. The van der Waals surface area contributed by atoms with Crippen molar-refractivity contribution in [3.8, 4) is 44.5 Å². The van der Waals surface area contributed by atoms with Gasteiger partial charge in [0.15, 0.2) is 0 Å². The smallest absolute Gasteiger partial charge is 0 e. The Balaban J connectivity index is -0.000000174. The Morgan fingerprint density at radius 2 is 0.490 bits per heavy atom. The van der Waals surface area contributed by atoms with Crippen LogP contribution in [-0.2, 0) is 174 Å². The molecule has 0 atom stereocenters. The molecule has 0 saturated heterocycles. The molecular formula is C96H144Y4-8. The third-order valence-electron chi connectivity index (χ3n) is 14.3. The fraction of sp³-hybridized carbons (Fsp3) is 0.500. The standard InChI is InChI=1S/4C20H24.8C2H6.4Y/c1-19(2,3)17-13-9-7-11-15(17)16-12-8-10-14-18(16)20(4,5)6;2*1-19(2,3)16-11-9-10-15(14-16)17-12-7-8-13-18(17)20(4,5)6;1-19(2,3)16-13-11-15(12-14-16)17-9-7-8-10-18(17)20(4,5)6;8*1-2;;;;/h7-10,13-14H,1-6H3;7-9,11,13-14H,1-6H3;7-11,13H,1-6H3;7-8,10-11,13-14H,1-6H3;8*1-2H3;;;;/q4*-2;;;;;;;;;;;;. The van der Waals surface area contributed by atoms with Gasteiger partial charge in [-0.15, -0.1) is 59.2 Å². The quantitative estimate of drug-likeness (QED) is 0.154. The predicted molar refractivity (Wildman–Crippen MR) is 439 cm³/mol. The van der Waals surface area contributed by atoms with Gasteiger partial charge in [0.1, 0.15) is 0 Å². The van der Waals surface area contributed by atoms with Gasteiger partial charge in [0.25, 0.3) is 0 Å². The van der Waals surface area contributed by atoms with Crippen molar-refractivity contribution in [3.63, 3.8) is 0 Å². The molecule has 4 heteroatoms. The number of hydrogen-bond acceptors (Lipinski definition) is 0. The van der Waals surface area contributed by atoms with Crippen molar-refractivity contribution >= 4 is 0 Å². The van der Waals surface area contributed by atoms with Crippen LogP contribution < -0.4 is 0 Å². The summed E-state index contributed by atoms with van der Waals surface area (Å²) in [4.78, 5) is 0. The molecule has 8 rings (SSSR count). The largest absolute Gasteiger partial charge is 0.226 e. The van der Waals surface area contributed by atoms with Crippen molar-refractivity contribution < 1.29 is 131 Å². The molecule has 0 fully saturated rings. The molecule has 0 saturated carbocycles. The van der Waals surface area contributed by atoms with E-state index in [2.05, 4.69) is 324 Å². The maximum Gasteiger partial charge on any atom is 0 e. The molecule has 0 bridgehead atoms. The van der Waals surface area contributed by atoms with Crippen molar-refractivity contribution in [3.05, 3.63) is 239 Å². The normalized spacial score (nSPS) is 10.5. The van der Waals surface area contributed by atoms with Gasteiger partial charge < -0.3 is 0 Å². The van der Waals surface area contributed by atoms with Crippen molar-refractivity contribution in [1.82, 2.24) is 0 Å². The van der Waals surface area contributed by atoms with E-state index < -0.39 is 0 Å². The van der Waals surface area contributed by atoms with Crippen LogP contribution in [-0.4, -0.2) is 0 Å². The third-order valence-corrected chi connectivity index (χ3v) is 14.3. The third kappa shape index (κ3) is 40.2. The topological polar surface area (TPSA) is 0 Å². The van der Waals surface area contributed by atoms with Gasteiger partial charge in [-0.2, -0.15) is 179 Å². The Morgan fingerprint density at radius 1 is 0.210 bits per heavy atom. The van der Waals surface area contributed by atoms with Crippen LogP contribution in [0.5, 0.6) is 0 Å². The maximum absolute atomic E-state index is 3.58. The number of rotatable bonds is 4. The average Bonchev–Trinajstić information content (AvgIpc) is 0.909. The van der Waals surface area contributed by atoms with E-state index in [9.17, 15) is 0 Å². The van der Waals surface area contributed by atoms with Gasteiger partial charge in [0, 0.05) is 131 Å². The van der Waals surface area contributed by atoms with E-state index in [0.29, 0.717) is 0 Å². The molecule has 4 radical (unpaired) electrons. The van der Waals surface area contributed by atoms with E-state index in [1.54, 1.807) is 0 Å². The molecule has 0 amide bonds. The van der Waals surface area contributed by atoms with Crippen molar-refractivity contribution in [2.45, 2.75) is 320 Å². The summed E-state index contributed by atoms with van der Waals surface area (Å²) in [5.74, 6) is 0. The minimum absolute atomic E-state index is 0. The van der Waals surface area contributed by atoms with Gasteiger partial charge in [0.2, 0.25) is 0 Å². The molecule has 0 aromatic heterocycles. The molecule has 548 valence electrons. The zero-order chi connectivity index (χ0) is 75.9. The van der Waals surface area contributed by atoms with Crippen LogP contribution in [0.2, 0.25) is 0 Å². The van der Waals surface area contributed by atoms with Crippen LogP contribution in [0, 0.1) is 48.5 Å². The van der Waals surface area contributed by atoms with Gasteiger partial charge >= 0.3 is 0 Å². The SMILES string of the molecule is CC.CC.CC.CC.CC.CC.CC.CC.CC(C)(C)c1[c-]c(-c2[c-]cccc2C(C)(C)C)ccc1.CC(C)(C)c1c[c-]c(-c2[c-]cccc2C(C)(C)C)cc1.CC(C)(C)c1cc[c-]c(-c2[c-]cccc2C(C)(C)C)c1.CC(C)(C)c1ccc[c-]c1-c1[c-]cccc1C(C)(C)C.[Y].[Y].[Y].[Y]. The maximum atomic E-state index is 3.58. The zero-order valence-corrected chi connectivity index (χ0v) is 83.5. The summed E-state index contributed by atoms with van der Waals surface area (Å²) < 4.78 is 0. The van der Waals surface area contributed by atoms with E-state index >= 15 is 0 Å². The second-order valence-corrected chi connectivity index (χ2v) is 29.8. The van der Waals surface area contributed by atoms with Crippen molar-refractivity contribution in [2.75, 3.05) is 0 Å². The molecule has 8 aromatic rings. The fourth-order valence-electron chi connectivity index (χ4n) is 9.57. The van der Waals surface area contributed by atoms with Gasteiger partial charge in [0.05, 0.1) is 0 Å². The summed E-state index contributed by atoms with van der Waals surface area (Å²) in [6, 6.07) is 78.1. The molecule has 0 spiro atoms. The van der Waals surface area contributed by atoms with Crippen LogP contribution in [0.4, 0.5) is 0 Å². The molecule has 0 aliphatic carbocycles. The molecule has 0 unspecified atom stereocenters. The Labute approximate surface area is 725 Å². The van der Waals surface area contributed by atoms with E-state index in [1.807, 2.05) is 147 Å². The molecule has 100 heavy (non-hydrogen) atoms. The first-order valence-electron chi connectivity index (χ1n) is 36.9. The van der Waals surface area contributed by atoms with Gasteiger partial charge in [-0.3, -0.25) is 0 Å². The first-order valence-corrected chi connectivity index (χ1v) is 36.9. The molecule has 8 aromatic carbocycles. The summed E-state index contributed by atoms with van der Waals surface area (Å²) in [5, 5.41) is 0. The first kappa shape index (κ1) is 114. The molecular weight excluding hydrogens is 1510 g/mol. The van der Waals surface area contributed by atoms with Gasteiger partial charge in [-0.25, -0.2) is 44.5 Å². The second-order valence-electron chi connectivity index (χ2n) is 29.8. The number of hydrogen-bond donors (Lipinski definition) is 0. The van der Waals surface area contributed by atoms with Crippen molar-refractivity contribution in [1.29, 1.82) is 0 Å². The monoisotopic (exact) mass is 1650 g/mol. The molecule has 0 aliphatic heterocycles. The van der Waals surface area contributed by atoms with Crippen LogP contribution in [0.15, 0.2) is 146 Å². The Hall–Kier alpha value is -1.82. The Bertz CT molecular complexity index is 3100. The average molecular weight is 1650 g/mol. The summed E-state index contributed by atoms with van der Waals surface area (Å²) in [7, 11) is 0.